The number of benzene rings is 8. The molecule has 0 saturated heterocycles. The van der Waals surface area contributed by atoms with E-state index in [4.69, 9.17) is 0 Å². The van der Waals surface area contributed by atoms with Gasteiger partial charge in [0.1, 0.15) is 6.04 Å². The molecule has 0 aliphatic carbocycles. The van der Waals surface area contributed by atoms with Gasteiger partial charge in [-0.15, -0.1) is 0 Å². The predicted molar refractivity (Wildman–Crippen MR) is 205 cm³/mol. The Bertz CT molecular complexity index is 2580. The highest BCUT2D eigenvalue weighted by atomic mass is 15.3. The van der Waals surface area contributed by atoms with E-state index < -0.39 is 0 Å². The Morgan fingerprint density at radius 2 is 1.00 bits per heavy atom. The molecule has 2 atom stereocenters. The van der Waals surface area contributed by atoms with Crippen molar-refractivity contribution in [2.24, 2.45) is 0 Å². The predicted octanol–water partition coefficient (Wildman–Crippen LogP) is 11.0. The fourth-order valence-electron chi connectivity index (χ4n) is 8.11. The van der Waals surface area contributed by atoms with E-state index in [2.05, 4.69) is 191 Å². The first-order valence-corrected chi connectivity index (χ1v) is 17.1. The molecule has 3 N–H and O–H groups in total. The number of hydrogen-bond donors (Lipinski definition) is 2. The molecule has 3 heteroatoms. The summed E-state index contributed by atoms with van der Waals surface area (Å²) in [5, 5.41) is 14.2. The molecule has 2 unspecified atom stereocenters. The molecule has 1 aliphatic rings. The fourth-order valence-corrected chi connectivity index (χ4v) is 8.11. The topological polar surface area (TPSA) is 33.6 Å². The summed E-state index contributed by atoms with van der Waals surface area (Å²) in [6, 6.07) is 64.2. The molecule has 0 bridgehead atoms. The minimum Gasteiger partial charge on any atom is -0.366 e. The molecule has 232 valence electrons. The van der Waals surface area contributed by atoms with Crippen molar-refractivity contribution >= 4 is 54.7 Å². The number of para-hydroxylation sites is 2. The van der Waals surface area contributed by atoms with Gasteiger partial charge >= 0.3 is 0 Å². The number of anilines is 1. The van der Waals surface area contributed by atoms with Gasteiger partial charge in [0.2, 0.25) is 0 Å². The van der Waals surface area contributed by atoms with Gasteiger partial charge in [0.05, 0.1) is 16.7 Å². The van der Waals surface area contributed by atoms with Crippen molar-refractivity contribution in [2.75, 3.05) is 5.32 Å². The largest absolute Gasteiger partial charge is 0.366 e. The van der Waals surface area contributed by atoms with Gasteiger partial charge in [0, 0.05) is 16.8 Å². The normalized spacial score (nSPS) is 15.8. The van der Waals surface area contributed by atoms with Crippen LogP contribution in [0.1, 0.15) is 17.8 Å². The number of rotatable bonds is 4. The van der Waals surface area contributed by atoms with Gasteiger partial charge in [-0.2, -0.15) is 0 Å². The van der Waals surface area contributed by atoms with Crippen molar-refractivity contribution in [3.63, 3.8) is 0 Å². The highest BCUT2D eigenvalue weighted by Crippen LogP contribution is 2.43. The van der Waals surface area contributed by atoms with Crippen molar-refractivity contribution in [3.05, 3.63) is 181 Å². The van der Waals surface area contributed by atoms with Gasteiger partial charge in [-0.1, -0.05) is 146 Å². The number of nitrogens with one attached hydrogen (secondary N) is 1. The molecular formula is C46H34N3+. The number of quaternary nitrogens is 1. The number of hydrogen-bond acceptors (Lipinski definition) is 1. The minimum atomic E-state index is 0.00943. The van der Waals surface area contributed by atoms with Crippen LogP contribution < -0.4 is 10.6 Å². The summed E-state index contributed by atoms with van der Waals surface area (Å²) < 4.78 is 2.60. The molecule has 3 nitrogen and oxygen atoms in total. The van der Waals surface area contributed by atoms with Crippen molar-refractivity contribution < 1.29 is 5.32 Å². The van der Waals surface area contributed by atoms with E-state index in [-0.39, 0.29) is 12.2 Å². The van der Waals surface area contributed by atoms with Crippen LogP contribution in [-0.2, 0) is 0 Å². The van der Waals surface area contributed by atoms with E-state index in [9.17, 15) is 0 Å². The molecule has 0 saturated carbocycles. The number of nitrogens with zero attached hydrogens (tertiary/aromatic N) is 1. The van der Waals surface area contributed by atoms with E-state index >= 15 is 0 Å². The zero-order valence-electron chi connectivity index (χ0n) is 26.9. The lowest BCUT2D eigenvalue weighted by molar-refractivity contribution is -0.639. The minimum absolute atomic E-state index is 0.00943. The van der Waals surface area contributed by atoms with Gasteiger partial charge < -0.3 is 5.32 Å². The number of nitrogens with two attached hydrogens (primary N) is 1. The third-order valence-corrected chi connectivity index (χ3v) is 10.4. The van der Waals surface area contributed by atoms with E-state index in [1.165, 1.54) is 76.9 Å². The number of fused-ring (bicyclic) bond motifs is 8. The second kappa shape index (κ2) is 11.2. The molecule has 0 radical (unpaired) electrons. The zero-order chi connectivity index (χ0) is 32.3. The van der Waals surface area contributed by atoms with Gasteiger partial charge in [-0.05, 0) is 73.6 Å². The zero-order valence-corrected chi connectivity index (χ0v) is 26.9. The third kappa shape index (κ3) is 4.55. The Morgan fingerprint density at radius 3 is 1.69 bits per heavy atom. The maximum Gasteiger partial charge on any atom is 0.195 e. The van der Waals surface area contributed by atoms with Gasteiger partial charge in [0.15, 0.2) is 11.9 Å². The maximum absolute atomic E-state index is 4.01. The Hall–Kier alpha value is -6.16. The highest BCUT2D eigenvalue weighted by molar-refractivity contribution is 6.28. The van der Waals surface area contributed by atoms with Gasteiger partial charge in [-0.3, -0.25) is 9.88 Å². The lowest BCUT2D eigenvalue weighted by Crippen LogP contribution is -2.84. The van der Waals surface area contributed by atoms with E-state index in [0.29, 0.717) is 0 Å². The average Bonchev–Trinajstić information content (AvgIpc) is 3.53. The SMILES string of the molecule is c1ccc(-c2ccc(-c3cccc(C4Nc5ccccc5[NH2+]C4n4c5ccc6ccccc6c5c5c6ccccc6ccc54)c3)cc2)cc1. The molecule has 9 aromatic rings. The van der Waals surface area contributed by atoms with Crippen LogP contribution >= 0.6 is 0 Å². The maximum atomic E-state index is 4.01. The van der Waals surface area contributed by atoms with Crippen LogP contribution in [0.3, 0.4) is 0 Å². The van der Waals surface area contributed by atoms with Crippen LogP contribution in [0.2, 0.25) is 0 Å². The fraction of sp³-hybridized carbons (Fsp3) is 0.0435. The van der Waals surface area contributed by atoms with Gasteiger partial charge in [0.25, 0.3) is 0 Å². The second-order valence-corrected chi connectivity index (χ2v) is 13.2. The lowest BCUT2D eigenvalue weighted by Gasteiger charge is -2.34. The molecule has 2 heterocycles. The summed E-state index contributed by atoms with van der Waals surface area (Å²) in [5.74, 6) is 0. The molecular weight excluding hydrogens is 595 g/mol. The number of aromatic nitrogens is 1. The molecule has 0 fully saturated rings. The Labute approximate surface area is 285 Å². The van der Waals surface area contributed by atoms with Crippen LogP contribution in [0.5, 0.6) is 0 Å². The third-order valence-electron chi connectivity index (χ3n) is 10.4. The second-order valence-electron chi connectivity index (χ2n) is 13.2. The van der Waals surface area contributed by atoms with Crippen molar-refractivity contribution in [1.29, 1.82) is 0 Å². The Balaban J connectivity index is 1.17. The molecule has 1 aromatic heterocycles. The summed E-state index contributed by atoms with van der Waals surface area (Å²) in [4.78, 5) is 0. The van der Waals surface area contributed by atoms with Gasteiger partial charge in [-0.25, -0.2) is 0 Å². The molecule has 1 aliphatic heterocycles. The van der Waals surface area contributed by atoms with Crippen LogP contribution in [0.25, 0.3) is 65.6 Å². The molecule has 8 aromatic carbocycles. The first kappa shape index (κ1) is 27.9. The molecule has 10 rings (SSSR count). The Kier molecular flexibility index (Phi) is 6.39. The van der Waals surface area contributed by atoms with Crippen molar-refractivity contribution in [2.45, 2.75) is 12.2 Å². The Morgan fingerprint density at radius 1 is 0.449 bits per heavy atom. The summed E-state index contributed by atoms with van der Waals surface area (Å²) >= 11 is 0. The average molecular weight is 629 g/mol. The van der Waals surface area contributed by atoms with E-state index in [0.717, 1.165) is 5.69 Å². The first-order valence-electron chi connectivity index (χ1n) is 17.1. The first-order chi connectivity index (χ1) is 24.3. The molecule has 0 amide bonds. The van der Waals surface area contributed by atoms with Crippen LogP contribution in [-0.4, -0.2) is 4.57 Å². The standard InChI is InChI=1S/C46H33N3/c1-2-11-30(12-3-1)31-21-23-32(24-22-31)35-15-10-16-36(29-35)45-46(48-40-20-9-8-19-39(40)47-45)49-41-27-25-33-13-4-6-17-37(33)43(41)44-38-18-7-5-14-34(38)26-28-42(44)49/h1-29,45-48H/p+1. The van der Waals surface area contributed by atoms with Crippen LogP contribution in [0.4, 0.5) is 11.4 Å². The lowest BCUT2D eigenvalue weighted by atomic mass is 9.95. The smallest absolute Gasteiger partial charge is 0.195 e. The molecule has 49 heavy (non-hydrogen) atoms. The monoisotopic (exact) mass is 628 g/mol. The summed E-state index contributed by atoms with van der Waals surface area (Å²) in [7, 11) is 0. The van der Waals surface area contributed by atoms with E-state index in [1.807, 2.05) is 0 Å². The quantitative estimate of drug-likeness (QED) is 0.187. The van der Waals surface area contributed by atoms with Crippen LogP contribution in [0.15, 0.2) is 176 Å². The summed E-state index contributed by atoms with van der Waals surface area (Å²) in [6.07, 6.45) is 0.0212. The summed E-state index contributed by atoms with van der Waals surface area (Å²) in [6.45, 7) is 0. The van der Waals surface area contributed by atoms with Crippen LogP contribution in [0, 0.1) is 0 Å². The highest BCUT2D eigenvalue weighted by Gasteiger charge is 2.36. The molecule has 0 spiro atoms. The van der Waals surface area contributed by atoms with E-state index in [1.54, 1.807) is 0 Å². The van der Waals surface area contributed by atoms with Crippen molar-refractivity contribution in [1.82, 2.24) is 4.57 Å². The van der Waals surface area contributed by atoms with Crippen molar-refractivity contribution in [3.8, 4) is 22.3 Å². The summed E-state index contributed by atoms with van der Waals surface area (Å²) in [5.41, 5.74) is 11.1.